The summed E-state index contributed by atoms with van der Waals surface area (Å²) in [5, 5.41) is 0. The minimum Gasteiger partial charge on any atom is -0.294 e. The van der Waals surface area contributed by atoms with Crippen molar-refractivity contribution in [3.05, 3.63) is 70.8 Å². The molecule has 2 aromatic carbocycles. The molecular formula is C18H20O. The topological polar surface area (TPSA) is 17.1 Å². The van der Waals surface area contributed by atoms with Crippen molar-refractivity contribution >= 4 is 5.78 Å². The van der Waals surface area contributed by atoms with E-state index in [2.05, 4.69) is 19.1 Å². The van der Waals surface area contributed by atoms with Crippen molar-refractivity contribution in [2.24, 2.45) is 5.92 Å². The molecule has 1 atom stereocenters. The predicted octanol–water partition coefficient (Wildman–Crippen LogP) is 4.36. The van der Waals surface area contributed by atoms with Crippen LogP contribution in [0.3, 0.4) is 0 Å². The first-order valence-electron chi connectivity index (χ1n) is 6.73. The quantitative estimate of drug-likeness (QED) is 0.739. The van der Waals surface area contributed by atoms with Gasteiger partial charge in [-0.15, -0.1) is 0 Å². The number of hydrogen-bond acceptors (Lipinski definition) is 1. The Morgan fingerprint density at radius 2 is 1.68 bits per heavy atom. The number of rotatable bonds is 4. The molecule has 98 valence electrons. The molecule has 0 amide bonds. The van der Waals surface area contributed by atoms with Crippen LogP contribution in [-0.2, 0) is 6.42 Å². The Morgan fingerprint density at radius 3 is 2.32 bits per heavy atom. The third-order valence-corrected chi connectivity index (χ3v) is 3.62. The molecule has 0 aromatic heterocycles. The molecule has 0 aliphatic carbocycles. The van der Waals surface area contributed by atoms with Crippen molar-refractivity contribution in [1.82, 2.24) is 0 Å². The highest BCUT2D eigenvalue weighted by Gasteiger charge is 2.16. The third-order valence-electron chi connectivity index (χ3n) is 3.62. The van der Waals surface area contributed by atoms with Gasteiger partial charge in [0.05, 0.1) is 0 Å². The molecule has 0 aliphatic heterocycles. The van der Waals surface area contributed by atoms with Crippen LogP contribution in [0.5, 0.6) is 0 Å². The molecule has 1 heteroatoms. The average Bonchev–Trinajstić information content (AvgIpc) is 2.42. The van der Waals surface area contributed by atoms with Crippen molar-refractivity contribution in [1.29, 1.82) is 0 Å². The summed E-state index contributed by atoms with van der Waals surface area (Å²) < 4.78 is 0. The van der Waals surface area contributed by atoms with Crippen LogP contribution in [0.1, 0.15) is 34.0 Å². The van der Waals surface area contributed by atoms with Gasteiger partial charge in [0.25, 0.3) is 0 Å². The van der Waals surface area contributed by atoms with Crippen LogP contribution in [0.4, 0.5) is 0 Å². The van der Waals surface area contributed by atoms with E-state index in [1.807, 2.05) is 50.2 Å². The molecule has 2 aromatic rings. The maximum absolute atomic E-state index is 12.4. The lowest BCUT2D eigenvalue weighted by atomic mass is 9.91. The minimum atomic E-state index is 0.0181. The Morgan fingerprint density at radius 1 is 1.00 bits per heavy atom. The maximum atomic E-state index is 12.4. The first kappa shape index (κ1) is 13.5. The number of hydrogen-bond donors (Lipinski definition) is 0. The fourth-order valence-electron chi connectivity index (χ4n) is 2.24. The standard InChI is InChI=1S/C18H20O/c1-13-9-10-17(12-14(13)2)18(19)15(3)11-16-7-5-4-6-8-16/h4-10,12,15H,11H2,1-3H3. The van der Waals surface area contributed by atoms with Crippen LogP contribution >= 0.6 is 0 Å². The summed E-state index contributed by atoms with van der Waals surface area (Å²) in [7, 11) is 0. The first-order chi connectivity index (χ1) is 9.08. The fraction of sp³-hybridized carbons (Fsp3) is 0.278. The smallest absolute Gasteiger partial charge is 0.166 e. The second kappa shape index (κ2) is 5.83. The highest BCUT2D eigenvalue weighted by Crippen LogP contribution is 2.17. The first-order valence-corrected chi connectivity index (χ1v) is 6.73. The Hall–Kier alpha value is -1.89. The van der Waals surface area contributed by atoms with Gasteiger partial charge in [0, 0.05) is 11.5 Å². The molecule has 0 spiro atoms. The van der Waals surface area contributed by atoms with E-state index in [4.69, 9.17) is 0 Å². The largest absolute Gasteiger partial charge is 0.294 e. The van der Waals surface area contributed by atoms with Gasteiger partial charge in [0.2, 0.25) is 0 Å². The van der Waals surface area contributed by atoms with Crippen molar-refractivity contribution in [2.75, 3.05) is 0 Å². The van der Waals surface area contributed by atoms with E-state index in [0.29, 0.717) is 0 Å². The van der Waals surface area contributed by atoms with E-state index >= 15 is 0 Å². The summed E-state index contributed by atoms with van der Waals surface area (Å²) >= 11 is 0. The summed E-state index contributed by atoms with van der Waals surface area (Å²) in [6.07, 6.45) is 0.798. The SMILES string of the molecule is Cc1ccc(C(=O)C(C)Cc2ccccc2)cc1C. The molecule has 0 bridgehead atoms. The summed E-state index contributed by atoms with van der Waals surface area (Å²) in [5.41, 5.74) is 4.45. The van der Waals surface area contributed by atoms with Gasteiger partial charge in [-0.2, -0.15) is 0 Å². The molecule has 2 rings (SSSR count). The number of aryl methyl sites for hydroxylation is 2. The van der Waals surface area contributed by atoms with Crippen LogP contribution in [0.2, 0.25) is 0 Å². The number of benzene rings is 2. The lowest BCUT2D eigenvalue weighted by Crippen LogP contribution is -2.14. The third kappa shape index (κ3) is 3.31. The van der Waals surface area contributed by atoms with Gasteiger partial charge in [-0.1, -0.05) is 49.4 Å². The van der Waals surface area contributed by atoms with E-state index in [-0.39, 0.29) is 11.7 Å². The summed E-state index contributed by atoms with van der Waals surface area (Å²) in [6.45, 7) is 6.12. The van der Waals surface area contributed by atoms with Crippen molar-refractivity contribution in [3.63, 3.8) is 0 Å². The molecule has 0 N–H and O–H groups in total. The zero-order valence-electron chi connectivity index (χ0n) is 11.8. The van der Waals surface area contributed by atoms with Gasteiger partial charge < -0.3 is 0 Å². The number of carbonyl (C=O) groups is 1. The second-order valence-corrected chi connectivity index (χ2v) is 5.25. The molecular weight excluding hydrogens is 232 g/mol. The minimum absolute atomic E-state index is 0.0181. The van der Waals surface area contributed by atoms with Crippen molar-refractivity contribution in [2.45, 2.75) is 27.2 Å². The molecule has 0 radical (unpaired) electrons. The normalized spacial score (nSPS) is 12.2. The molecule has 0 saturated heterocycles. The number of ketones is 1. The van der Waals surface area contributed by atoms with Crippen LogP contribution in [0, 0.1) is 19.8 Å². The zero-order valence-corrected chi connectivity index (χ0v) is 11.8. The summed E-state index contributed by atoms with van der Waals surface area (Å²) in [6, 6.07) is 16.1. The number of Topliss-reactive ketones (excluding diaryl/α,β-unsaturated/α-hetero) is 1. The maximum Gasteiger partial charge on any atom is 0.166 e. The monoisotopic (exact) mass is 252 g/mol. The molecule has 19 heavy (non-hydrogen) atoms. The van der Waals surface area contributed by atoms with Gasteiger partial charge in [0.1, 0.15) is 0 Å². The average molecular weight is 252 g/mol. The highest BCUT2D eigenvalue weighted by molar-refractivity contribution is 5.98. The van der Waals surface area contributed by atoms with Crippen LogP contribution in [-0.4, -0.2) is 5.78 Å². The summed E-state index contributed by atoms with van der Waals surface area (Å²) in [5.74, 6) is 0.247. The summed E-state index contributed by atoms with van der Waals surface area (Å²) in [4.78, 5) is 12.4. The number of carbonyl (C=O) groups excluding carboxylic acids is 1. The van der Waals surface area contributed by atoms with Crippen LogP contribution in [0.25, 0.3) is 0 Å². The lowest BCUT2D eigenvalue weighted by molar-refractivity contribution is 0.0929. The van der Waals surface area contributed by atoms with Crippen LogP contribution in [0.15, 0.2) is 48.5 Å². The van der Waals surface area contributed by atoms with Crippen molar-refractivity contribution in [3.8, 4) is 0 Å². The molecule has 1 unspecified atom stereocenters. The van der Waals surface area contributed by atoms with Crippen molar-refractivity contribution < 1.29 is 4.79 Å². The highest BCUT2D eigenvalue weighted by atomic mass is 16.1. The van der Waals surface area contributed by atoms with E-state index < -0.39 is 0 Å². The zero-order chi connectivity index (χ0) is 13.8. The van der Waals surface area contributed by atoms with Gasteiger partial charge in [-0.25, -0.2) is 0 Å². The Labute approximate surface area is 115 Å². The Kier molecular flexibility index (Phi) is 4.16. The van der Waals surface area contributed by atoms with E-state index in [9.17, 15) is 4.79 Å². The lowest BCUT2D eigenvalue weighted by Gasteiger charge is -2.12. The van der Waals surface area contributed by atoms with E-state index in [1.165, 1.54) is 16.7 Å². The fourth-order valence-corrected chi connectivity index (χ4v) is 2.24. The predicted molar refractivity (Wildman–Crippen MR) is 79.6 cm³/mol. The molecule has 1 nitrogen and oxygen atoms in total. The van der Waals surface area contributed by atoms with E-state index in [0.717, 1.165) is 12.0 Å². The van der Waals surface area contributed by atoms with Gasteiger partial charge in [0.15, 0.2) is 5.78 Å². The molecule has 0 aliphatic rings. The van der Waals surface area contributed by atoms with E-state index in [1.54, 1.807) is 0 Å². The van der Waals surface area contributed by atoms with Crippen LogP contribution < -0.4 is 0 Å². The molecule has 0 saturated carbocycles. The van der Waals surface area contributed by atoms with Gasteiger partial charge in [-0.3, -0.25) is 4.79 Å². The Balaban J connectivity index is 2.12. The Bertz CT molecular complexity index is 569. The molecule has 0 heterocycles. The van der Waals surface area contributed by atoms with Gasteiger partial charge >= 0.3 is 0 Å². The molecule has 0 fully saturated rings. The second-order valence-electron chi connectivity index (χ2n) is 5.25. The van der Waals surface area contributed by atoms with Gasteiger partial charge in [-0.05, 0) is 43.0 Å².